The van der Waals surface area contributed by atoms with Gasteiger partial charge in [0.1, 0.15) is 6.61 Å². The van der Waals surface area contributed by atoms with Gasteiger partial charge in [-0.25, -0.2) is 4.79 Å². The van der Waals surface area contributed by atoms with Gasteiger partial charge in [-0.15, -0.1) is 0 Å². The molecule has 0 saturated heterocycles. The SMILES string of the molecule is COC(=O)[C@H]1C[C@@H](NC(=O)OCc2ccccc2)C[C@@H](OC)C1. The maximum Gasteiger partial charge on any atom is 0.407 e. The van der Waals surface area contributed by atoms with Gasteiger partial charge >= 0.3 is 12.1 Å². The van der Waals surface area contributed by atoms with Gasteiger partial charge in [0.2, 0.25) is 0 Å². The third-order valence-corrected chi connectivity index (χ3v) is 4.07. The van der Waals surface area contributed by atoms with Crippen molar-refractivity contribution in [3.8, 4) is 0 Å². The molecule has 0 bridgehead atoms. The number of hydrogen-bond acceptors (Lipinski definition) is 5. The van der Waals surface area contributed by atoms with Crippen LogP contribution in [0.5, 0.6) is 0 Å². The molecule has 126 valence electrons. The van der Waals surface area contributed by atoms with Gasteiger partial charge in [-0.3, -0.25) is 4.79 Å². The highest BCUT2D eigenvalue weighted by atomic mass is 16.5. The van der Waals surface area contributed by atoms with Crippen LogP contribution in [0.1, 0.15) is 24.8 Å². The van der Waals surface area contributed by atoms with Gasteiger partial charge in [-0.05, 0) is 24.8 Å². The summed E-state index contributed by atoms with van der Waals surface area (Å²) in [5.41, 5.74) is 0.925. The second-order valence-electron chi connectivity index (χ2n) is 5.69. The van der Waals surface area contributed by atoms with Crippen molar-refractivity contribution < 1.29 is 23.8 Å². The molecule has 0 aromatic heterocycles. The Morgan fingerprint density at radius 1 is 1.13 bits per heavy atom. The van der Waals surface area contributed by atoms with Crippen molar-refractivity contribution in [3.63, 3.8) is 0 Å². The number of ether oxygens (including phenoxy) is 3. The minimum absolute atomic E-state index is 0.0766. The molecule has 6 heteroatoms. The fraction of sp³-hybridized carbons (Fsp3) is 0.529. The summed E-state index contributed by atoms with van der Waals surface area (Å²) >= 11 is 0. The summed E-state index contributed by atoms with van der Waals surface area (Å²) in [4.78, 5) is 23.7. The Bertz CT molecular complexity index is 519. The van der Waals surface area contributed by atoms with Crippen molar-refractivity contribution in [2.45, 2.75) is 38.0 Å². The lowest BCUT2D eigenvalue weighted by atomic mass is 9.84. The van der Waals surface area contributed by atoms with Crippen LogP contribution in [0.3, 0.4) is 0 Å². The highest BCUT2D eigenvalue weighted by molar-refractivity contribution is 5.73. The molecule has 1 fully saturated rings. The Labute approximate surface area is 136 Å². The lowest BCUT2D eigenvalue weighted by Gasteiger charge is -2.32. The van der Waals surface area contributed by atoms with Gasteiger partial charge < -0.3 is 19.5 Å². The summed E-state index contributed by atoms with van der Waals surface area (Å²) in [5.74, 6) is -0.533. The second-order valence-corrected chi connectivity index (χ2v) is 5.69. The Morgan fingerprint density at radius 2 is 1.87 bits per heavy atom. The Hall–Kier alpha value is -2.08. The lowest BCUT2D eigenvalue weighted by Crippen LogP contribution is -2.44. The molecular formula is C17H23NO5. The Kier molecular flexibility index (Phi) is 6.40. The van der Waals surface area contributed by atoms with E-state index in [0.29, 0.717) is 19.3 Å². The third kappa shape index (κ3) is 5.25. The summed E-state index contributed by atoms with van der Waals surface area (Å²) in [6.07, 6.45) is 1.24. The van der Waals surface area contributed by atoms with Gasteiger partial charge in [0.25, 0.3) is 0 Å². The van der Waals surface area contributed by atoms with Crippen LogP contribution in [0, 0.1) is 5.92 Å². The first-order chi connectivity index (χ1) is 11.1. The van der Waals surface area contributed by atoms with Gasteiger partial charge in [-0.1, -0.05) is 30.3 Å². The van der Waals surface area contributed by atoms with Crippen LogP contribution in [0.2, 0.25) is 0 Å². The van der Waals surface area contributed by atoms with Gasteiger partial charge in [0.15, 0.2) is 0 Å². The molecule has 0 heterocycles. The molecule has 1 saturated carbocycles. The Balaban J connectivity index is 1.84. The van der Waals surface area contributed by atoms with Crippen LogP contribution in [0.25, 0.3) is 0 Å². The number of rotatable bonds is 5. The van der Waals surface area contributed by atoms with Crippen LogP contribution in [-0.4, -0.2) is 38.4 Å². The first-order valence-electron chi connectivity index (χ1n) is 7.70. The number of alkyl carbamates (subject to hydrolysis) is 1. The van der Waals surface area contributed by atoms with Crippen molar-refractivity contribution in [3.05, 3.63) is 35.9 Å². The number of amides is 1. The van der Waals surface area contributed by atoms with Crippen molar-refractivity contribution in [2.24, 2.45) is 5.92 Å². The molecule has 1 aliphatic rings. The molecule has 2 rings (SSSR count). The van der Waals surface area contributed by atoms with Crippen LogP contribution in [-0.2, 0) is 25.6 Å². The number of carbonyl (C=O) groups excluding carboxylic acids is 2. The second kappa shape index (κ2) is 8.53. The van der Waals surface area contributed by atoms with E-state index in [1.807, 2.05) is 30.3 Å². The lowest BCUT2D eigenvalue weighted by molar-refractivity contribution is -0.148. The zero-order valence-corrected chi connectivity index (χ0v) is 13.5. The van der Waals surface area contributed by atoms with E-state index < -0.39 is 6.09 Å². The molecule has 1 aromatic rings. The van der Waals surface area contributed by atoms with E-state index in [1.54, 1.807) is 7.11 Å². The highest BCUT2D eigenvalue weighted by Gasteiger charge is 2.34. The summed E-state index contributed by atoms with van der Waals surface area (Å²) in [6, 6.07) is 9.30. The van der Waals surface area contributed by atoms with Crippen LogP contribution >= 0.6 is 0 Å². The molecule has 1 aliphatic carbocycles. The number of hydrogen-bond donors (Lipinski definition) is 1. The molecular weight excluding hydrogens is 298 g/mol. The molecule has 1 N–H and O–H groups in total. The topological polar surface area (TPSA) is 73.9 Å². The zero-order chi connectivity index (χ0) is 16.7. The molecule has 6 nitrogen and oxygen atoms in total. The van der Waals surface area contributed by atoms with Crippen molar-refractivity contribution in [1.82, 2.24) is 5.32 Å². The molecule has 23 heavy (non-hydrogen) atoms. The van der Waals surface area contributed by atoms with Gasteiger partial charge in [-0.2, -0.15) is 0 Å². The maximum atomic E-state index is 11.9. The fourth-order valence-electron chi connectivity index (χ4n) is 2.87. The molecule has 0 radical (unpaired) electrons. The standard InChI is InChI=1S/C17H23NO5/c1-21-15-9-13(16(19)22-2)8-14(10-15)18-17(20)23-11-12-6-4-3-5-7-12/h3-7,13-15H,8-11H2,1-2H3,(H,18,20)/t13-,14+,15-/m0/s1. The Morgan fingerprint density at radius 3 is 2.52 bits per heavy atom. The molecule has 1 aromatic carbocycles. The largest absolute Gasteiger partial charge is 0.469 e. The smallest absolute Gasteiger partial charge is 0.407 e. The molecule has 3 atom stereocenters. The van der Waals surface area contributed by atoms with E-state index >= 15 is 0 Å². The van der Waals surface area contributed by atoms with E-state index in [2.05, 4.69) is 5.32 Å². The number of esters is 1. The summed E-state index contributed by atoms with van der Waals surface area (Å²) in [6.45, 7) is 0.216. The molecule has 0 aliphatic heterocycles. The minimum atomic E-state index is -0.487. The average molecular weight is 321 g/mol. The quantitative estimate of drug-likeness (QED) is 0.842. The third-order valence-electron chi connectivity index (χ3n) is 4.07. The number of benzene rings is 1. The number of nitrogens with one attached hydrogen (secondary N) is 1. The van der Waals surface area contributed by atoms with Crippen LogP contribution in [0.4, 0.5) is 4.79 Å². The minimum Gasteiger partial charge on any atom is -0.469 e. The first kappa shape index (κ1) is 17.3. The monoisotopic (exact) mass is 321 g/mol. The summed E-state index contributed by atoms with van der Waals surface area (Å²) in [7, 11) is 2.98. The van der Waals surface area contributed by atoms with E-state index in [4.69, 9.17) is 14.2 Å². The summed E-state index contributed by atoms with van der Waals surface area (Å²) in [5, 5.41) is 2.81. The fourth-order valence-corrected chi connectivity index (χ4v) is 2.87. The highest BCUT2D eigenvalue weighted by Crippen LogP contribution is 2.27. The van der Waals surface area contributed by atoms with Crippen molar-refractivity contribution >= 4 is 12.1 Å². The number of methoxy groups -OCH3 is 2. The maximum absolute atomic E-state index is 11.9. The van der Waals surface area contributed by atoms with E-state index in [1.165, 1.54) is 7.11 Å². The van der Waals surface area contributed by atoms with Crippen LogP contribution in [0.15, 0.2) is 30.3 Å². The van der Waals surface area contributed by atoms with Crippen molar-refractivity contribution in [1.29, 1.82) is 0 Å². The predicted octanol–water partition coefficient (Wildman–Crippen LogP) is 2.27. The molecule has 0 spiro atoms. The van der Waals surface area contributed by atoms with E-state index in [0.717, 1.165) is 5.56 Å². The van der Waals surface area contributed by atoms with Crippen LogP contribution < -0.4 is 5.32 Å². The summed E-state index contributed by atoms with van der Waals surface area (Å²) < 4.78 is 15.4. The average Bonchev–Trinajstić information content (AvgIpc) is 2.59. The predicted molar refractivity (Wildman–Crippen MR) is 83.7 cm³/mol. The normalized spacial score (nSPS) is 23.8. The van der Waals surface area contributed by atoms with E-state index in [9.17, 15) is 9.59 Å². The zero-order valence-electron chi connectivity index (χ0n) is 13.5. The molecule has 0 unspecified atom stereocenters. The molecule has 1 amide bonds. The van der Waals surface area contributed by atoms with E-state index in [-0.39, 0.29) is 30.6 Å². The number of carbonyl (C=O) groups is 2. The van der Waals surface area contributed by atoms with Crippen molar-refractivity contribution in [2.75, 3.05) is 14.2 Å². The first-order valence-corrected chi connectivity index (χ1v) is 7.70. The van der Waals surface area contributed by atoms with Gasteiger partial charge in [0.05, 0.1) is 19.1 Å². The van der Waals surface area contributed by atoms with Gasteiger partial charge in [0, 0.05) is 13.2 Å².